The maximum Gasteiger partial charge on any atom is 0.426 e. The van der Waals surface area contributed by atoms with E-state index < -0.39 is 78.0 Å². The van der Waals surface area contributed by atoms with E-state index in [-0.39, 0.29) is 137 Å². The molecule has 0 saturated carbocycles. The van der Waals surface area contributed by atoms with Crippen molar-refractivity contribution in [2.45, 2.75) is 207 Å². The van der Waals surface area contributed by atoms with Crippen LogP contribution in [0.2, 0.25) is 0 Å². The molecular weight excluding hydrogens is 1370 g/mol. The highest BCUT2D eigenvalue weighted by atomic mass is 32.1. The van der Waals surface area contributed by atoms with Crippen LogP contribution in [0, 0.1) is 17.8 Å². The SMILES string of the molecule is CCCOC(CC(C(C)C)N(CCC)C(=O)C(NC(=O)C1CCCCN1C)C(C)CC)c1nc(C(=O)NC2Cc3ccccc3C(C(=O)NNC(=O)OCCOCCNC(=O)OCc3ccc(NC(=O)C(CCCNC(N)=O)NC(=O)C(NC(=O)CCCCCN4C(=O)C=CC4=O)C(C)C)cc3)C2)cs1. The van der Waals surface area contributed by atoms with E-state index >= 15 is 0 Å². The largest absolute Gasteiger partial charge is 0.446 e. The normalized spacial score (nSPS) is 17.4. The van der Waals surface area contributed by atoms with Crippen LogP contribution < -0.4 is 53.8 Å². The second-order valence-corrected chi connectivity index (χ2v) is 28.4. The van der Waals surface area contributed by atoms with Crippen molar-refractivity contribution in [2.24, 2.45) is 23.5 Å². The molecule has 0 spiro atoms. The second kappa shape index (κ2) is 44.0. The summed E-state index contributed by atoms with van der Waals surface area (Å²) in [7, 11) is 1.96. The molecule has 3 heterocycles. The number of nitrogens with zero attached hydrogens (tertiary/aromatic N) is 4. The minimum atomic E-state index is -1.09. The summed E-state index contributed by atoms with van der Waals surface area (Å²) in [6.45, 7) is 17.6. The number of thiazole rings is 1. The van der Waals surface area contributed by atoms with Crippen LogP contribution in [-0.4, -0.2) is 194 Å². The molecule has 2 aliphatic heterocycles. The summed E-state index contributed by atoms with van der Waals surface area (Å²) in [6.07, 6.45) is 8.14. The van der Waals surface area contributed by atoms with E-state index in [9.17, 15) is 57.5 Å². The summed E-state index contributed by atoms with van der Waals surface area (Å²) in [5, 5.41) is 21.9. The first-order valence-corrected chi connectivity index (χ1v) is 37.7. The number of hydrazine groups is 1. The quantitative estimate of drug-likeness (QED) is 0.0169. The number of carbonyl (C=O) groups is 12. The third kappa shape index (κ3) is 27.4. The molecule has 2 aromatic carbocycles. The van der Waals surface area contributed by atoms with E-state index in [2.05, 4.69) is 66.8 Å². The number of fused-ring (bicyclic) bond motifs is 1. The zero-order valence-corrected chi connectivity index (χ0v) is 63.0. The average Bonchev–Trinajstić information content (AvgIpc) is 1.47. The maximum atomic E-state index is 14.8. The number of carbonyl (C=O) groups excluding carboxylic acids is 12. The van der Waals surface area contributed by atoms with E-state index in [0.29, 0.717) is 74.4 Å². The molecule has 0 bridgehead atoms. The first-order chi connectivity index (χ1) is 50.3. The van der Waals surface area contributed by atoms with Crippen LogP contribution in [0.25, 0.3) is 0 Å². The number of piperidine rings is 1. The van der Waals surface area contributed by atoms with Crippen molar-refractivity contribution in [3.63, 3.8) is 0 Å². The summed E-state index contributed by atoms with van der Waals surface area (Å²) >= 11 is 1.31. The summed E-state index contributed by atoms with van der Waals surface area (Å²) in [5.41, 5.74) is 12.7. The number of rotatable bonds is 42. The number of urea groups is 1. The number of aromatic nitrogens is 1. The molecule has 9 atom stereocenters. The second-order valence-electron chi connectivity index (χ2n) is 27.5. The molecule has 6 rings (SSSR count). The molecular formula is C74H110N14O16S. The van der Waals surface area contributed by atoms with Gasteiger partial charge < -0.3 is 66.8 Å². The number of hydrogen-bond donors (Lipinski definition) is 10. The molecule has 13 amide bonds. The zero-order chi connectivity index (χ0) is 76.5. The lowest BCUT2D eigenvalue weighted by Gasteiger charge is -2.40. The van der Waals surface area contributed by atoms with E-state index in [4.69, 9.17) is 29.7 Å². The molecule has 1 aliphatic carbocycles. The van der Waals surface area contributed by atoms with Gasteiger partial charge in [-0.25, -0.2) is 24.8 Å². The van der Waals surface area contributed by atoms with Crippen LogP contribution in [-0.2, 0) is 70.3 Å². The number of unbranched alkanes of at least 4 members (excludes halogenated alkanes) is 2. The predicted molar refractivity (Wildman–Crippen MR) is 393 cm³/mol. The summed E-state index contributed by atoms with van der Waals surface area (Å²) in [4.78, 5) is 167. The Morgan fingerprint density at radius 2 is 1.49 bits per heavy atom. The predicted octanol–water partition coefficient (Wildman–Crippen LogP) is 6.31. The van der Waals surface area contributed by atoms with Crippen LogP contribution in [0.15, 0.2) is 66.1 Å². The molecule has 11 N–H and O–H groups in total. The Morgan fingerprint density at radius 3 is 2.17 bits per heavy atom. The lowest BCUT2D eigenvalue weighted by atomic mass is 9.79. The number of hydrogen-bond acceptors (Lipinski definition) is 19. The van der Waals surface area contributed by atoms with Gasteiger partial charge in [0.15, 0.2) is 0 Å². The van der Waals surface area contributed by atoms with Gasteiger partial charge in [0.25, 0.3) is 17.7 Å². The highest BCUT2D eigenvalue weighted by molar-refractivity contribution is 7.09. The van der Waals surface area contributed by atoms with Crippen molar-refractivity contribution in [2.75, 3.05) is 71.5 Å². The minimum Gasteiger partial charge on any atom is -0.446 e. The van der Waals surface area contributed by atoms with Crippen molar-refractivity contribution >= 4 is 88.4 Å². The number of benzene rings is 2. The Morgan fingerprint density at radius 1 is 0.743 bits per heavy atom. The highest BCUT2D eigenvalue weighted by Gasteiger charge is 2.40. The van der Waals surface area contributed by atoms with Gasteiger partial charge in [-0.2, -0.15) is 0 Å². The molecule has 3 aromatic rings. The fourth-order valence-corrected chi connectivity index (χ4v) is 13.6. The molecule has 9 unspecified atom stereocenters. The van der Waals surface area contributed by atoms with Crippen molar-refractivity contribution in [3.05, 3.63) is 93.5 Å². The minimum absolute atomic E-state index is 0.00862. The van der Waals surface area contributed by atoms with Gasteiger partial charge in [-0.3, -0.25) is 58.4 Å². The van der Waals surface area contributed by atoms with Crippen molar-refractivity contribution in [1.29, 1.82) is 0 Å². The van der Waals surface area contributed by atoms with Gasteiger partial charge >= 0.3 is 18.2 Å². The Hall–Kier alpha value is -9.07. The van der Waals surface area contributed by atoms with Gasteiger partial charge in [0.2, 0.25) is 35.4 Å². The molecule has 1 saturated heterocycles. The van der Waals surface area contributed by atoms with Crippen molar-refractivity contribution in [3.8, 4) is 0 Å². The monoisotopic (exact) mass is 1480 g/mol. The number of likely N-dealkylation sites (tertiary alicyclic amines) is 1. The summed E-state index contributed by atoms with van der Waals surface area (Å²) in [5.74, 6) is -4.70. The number of anilines is 1. The van der Waals surface area contributed by atoms with E-state index in [0.717, 1.165) is 48.3 Å². The fraction of sp³-hybridized carbons (Fsp3) is 0.608. The van der Waals surface area contributed by atoms with Crippen LogP contribution >= 0.6 is 11.3 Å². The number of nitrogens with one attached hydrogen (secondary N) is 9. The number of likely N-dealkylation sites (N-methyl/N-ethyl adjacent to an activating group) is 1. The van der Waals surface area contributed by atoms with Gasteiger partial charge in [-0.1, -0.05) is 111 Å². The topological polar surface area (TPSA) is 399 Å². The highest BCUT2D eigenvalue weighted by Crippen LogP contribution is 2.34. The van der Waals surface area contributed by atoms with Gasteiger partial charge in [0.1, 0.15) is 48.1 Å². The molecule has 578 valence electrons. The van der Waals surface area contributed by atoms with Crippen LogP contribution in [0.1, 0.15) is 189 Å². The smallest absolute Gasteiger partial charge is 0.426 e. The average molecular weight is 1480 g/mol. The zero-order valence-electron chi connectivity index (χ0n) is 62.2. The van der Waals surface area contributed by atoms with Crippen LogP contribution in [0.5, 0.6) is 0 Å². The fourth-order valence-electron chi connectivity index (χ4n) is 12.7. The van der Waals surface area contributed by atoms with Gasteiger partial charge in [0, 0.05) is 80.9 Å². The van der Waals surface area contributed by atoms with Gasteiger partial charge in [-0.05, 0) is 124 Å². The number of primary amides is 1. The molecule has 30 nitrogen and oxygen atoms in total. The molecule has 3 aliphatic rings. The molecule has 1 fully saturated rings. The maximum absolute atomic E-state index is 14.8. The van der Waals surface area contributed by atoms with E-state index in [1.807, 2.05) is 63.9 Å². The third-order valence-electron chi connectivity index (χ3n) is 18.8. The first kappa shape index (κ1) is 84.9. The Kier molecular flexibility index (Phi) is 35.6. The van der Waals surface area contributed by atoms with Gasteiger partial charge in [0.05, 0.1) is 25.2 Å². The van der Waals surface area contributed by atoms with E-state index in [1.54, 1.807) is 43.5 Å². The lowest BCUT2D eigenvalue weighted by molar-refractivity contribution is -0.143. The molecule has 0 radical (unpaired) electrons. The van der Waals surface area contributed by atoms with E-state index in [1.165, 1.54) is 23.5 Å². The first-order valence-electron chi connectivity index (χ1n) is 36.9. The number of amides is 13. The Labute approximate surface area is 619 Å². The van der Waals surface area contributed by atoms with Crippen molar-refractivity contribution in [1.82, 2.24) is 62.4 Å². The Balaban J connectivity index is 0.905. The summed E-state index contributed by atoms with van der Waals surface area (Å²) < 4.78 is 22.5. The molecule has 1 aromatic heterocycles. The van der Waals surface area contributed by atoms with Crippen molar-refractivity contribution < 1.29 is 76.5 Å². The number of nitrogens with two attached hydrogens (primary N) is 1. The lowest BCUT2D eigenvalue weighted by Crippen LogP contribution is -2.58. The standard InChI is InChI=1S/C74H110N14O16S/c1-10-34-87(71(97)64(48(8)12-3)83-68(95)57-24-17-19-35-86(57)9)58(46(4)5)43-59(102-37-11-2)70-81-56(45-105-70)67(94)79-52-41-50-21-15-16-22-53(50)54(42-52)65(92)84-85-74(100)103-40-39-101-38-33-77-73(99)104-44-49-26-28-51(29-27-49)78-66(93)55(23-20-32-76-72(75)98)80-69(96)63(47(6)7)82-60(89)25-14-13-18-36-88-61(90)30-31-62(88)91/h15-16,21-22,26-31,45-48,52,54-55,57-59,63-64H,10-14,17-20,23-25,32-44H2,1-9H3,(H,77,99)(H,78,93)(H,79,94)(H,80,96)(H,82,89)(H,83,95)(H,84,92)(H,85,100)(H3,75,76,98). The number of alkyl carbamates (subject to hydrolysis) is 1. The molecule has 105 heavy (non-hydrogen) atoms. The number of imide groups is 1. The third-order valence-corrected chi connectivity index (χ3v) is 19.7. The molecule has 31 heteroatoms. The number of ether oxygens (including phenoxy) is 4. The summed E-state index contributed by atoms with van der Waals surface area (Å²) in [6, 6.07) is 9.24. The van der Waals surface area contributed by atoms with Crippen LogP contribution in [0.3, 0.4) is 0 Å². The van der Waals surface area contributed by atoms with Gasteiger partial charge in [-0.15, -0.1) is 11.3 Å². The Bertz CT molecular complexity index is 3410. The van der Waals surface area contributed by atoms with Crippen LogP contribution in [0.4, 0.5) is 20.1 Å².